The molecule has 0 aliphatic rings. The zero-order valence-electron chi connectivity index (χ0n) is 18.3. The molecule has 0 atom stereocenters. The van der Waals surface area contributed by atoms with Crippen LogP contribution in [-0.4, -0.2) is 18.2 Å². The summed E-state index contributed by atoms with van der Waals surface area (Å²) in [6.45, 7) is 14.3. The molecule has 5 nitrogen and oxygen atoms in total. The number of hydrogen-bond donors (Lipinski definition) is 2. The lowest BCUT2D eigenvalue weighted by Crippen LogP contribution is -2.14. The van der Waals surface area contributed by atoms with E-state index < -0.39 is 5.91 Å². The standard InChI is InChI=1S/C26H29N3O2/c1-6-9-12-20(7-2)18(4)28-25-16-15-21(31-8-3)17-23(25)19(5)29-24-14-11-10-13-22(24)26(27)30/h6-7,9-17,29H,1,5,8H2,2-4H3,(H2,27,30)/b12-9-,20-7+,28-18?. The Balaban J connectivity index is 2.50. The maximum absolute atomic E-state index is 11.8. The van der Waals surface area contributed by atoms with E-state index in [2.05, 4.69) is 18.5 Å². The molecule has 0 unspecified atom stereocenters. The fraction of sp³-hybridized carbons (Fsp3) is 0.154. The number of rotatable bonds is 10. The van der Waals surface area contributed by atoms with E-state index in [9.17, 15) is 4.79 Å². The van der Waals surface area contributed by atoms with Crippen molar-refractivity contribution in [3.63, 3.8) is 0 Å². The topological polar surface area (TPSA) is 76.7 Å². The number of amides is 1. The largest absolute Gasteiger partial charge is 0.494 e. The van der Waals surface area contributed by atoms with E-state index in [1.165, 1.54) is 0 Å². The average molecular weight is 416 g/mol. The predicted octanol–water partition coefficient (Wildman–Crippen LogP) is 6.05. The van der Waals surface area contributed by atoms with E-state index in [4.69, 9.17) is 15.5 Å². The Morgan fingerprint density at radius 1 is 1.23 bits per heavy atom. The van der Waals surface area contributed by atoms with E-state index >= 15 is 0 Å². The highest BCUT2D eigenvalue weighted by Crippen LogP contribution is 2.32. The predicted molar refractivity (Wildman–Crippen MR) is 131 cm³/mol. The summed E-state index contributed by atoms with van der Waals surface area (Å²) in [5.41, 5.74) is 10.4. The number of nitrogens with one attached hydrogen (secondary N) is 1. The lowest BCUT2D eigenvalue weighted by Gasteiger charge is -2.16. The van der Waals surface area contributed by atoms with Crippen LogP contribution in [0.15, 0.2) is 90.5 Å². The number of benzene rings is 2. The van der Waals surface area contributed by atoms with Crippen LogP contribution in [0, 0.1) is 0 Å². The van der Waals surface area contributed by atoms with Crippen LogP contribution < -0.4 is 15.8 Å². The molecule has 0 aliphatic heterocycles. The summed E-state index contributed by atoms with van der Waals surface area (Å²) >= 11 is 0. The van der Waals surface area contributed by atoms with Crippen molar-refractivity contribution in [2.45, 2.75) is 20.8 Å². The Morgan fingerprint density at radius 3 is 2.61 bits per heavy atom. The third-order valence-corrected chi connectivity index (χ3v) is 4.51. The van der Waals surface area contributed by atoms with Gasteiger partial charge in [-0.2, -0.15) is 0 Å². The Bertz CT molecular complexity index is 1060. The molecule has 0 aromatic heterocycles. The first-order valence-electron chi connectivity index (χ1n) is 10.0. The first-order valence-corrected chi connectivity index (χ1v) is 10.0. The quantitative estimate of drug-likeness (QED) is 0.366. The zero-order chi connectivity index (χ0) is 22.8. The molecule has 160 valence electrons. The number of anilines is 1. The summed E-state index contributed by atoms with van der Waals surface area (Å²) in [4.78, 5) is 16.6. The van der Waals surface area contributed by atoms with Crippen molar-refractivity contribution in [3.8, 4) is 5.75 Å². The van der Waals surface area contributed by atoms with Gasteiger partial charge in [0, 0.05) is 17.0 Å². The van der Waals surface area contributed by atoms with Crippen LogP contribution in [-0.2, 0) is 0 Å². The lowest BCUT2D eigenvalue weighted by atomic mass is 10.1. The second-order valence-electron chi connectivity index (χ2n) is 6.66. The van der Waals surface area contributed by atoms with Gasteiger partial charge in [-0.1, -0.05) is 49.6 Å². The molecule has 0 fully saturated rings. The molecular formula is C26H29N3O2. The van der Waals surface area contributed by atoms with Crippen molar-refractivity contribution in [1.29, 1.82) is 0 Å². The number of allylic oxidation sites excluding steroid dienone is 5. The molecule has 0 spiro atoms. The second-order valence-corrected chi connectivity index (χ2v) is 6.66. The first-order chi connectivity index (χ1) is 14.9. The smallest absolute Gasteiger partial charge is 0.250 e. The Morgan fingerprint density at radius 2 is 1.97 bits per heavy atom. The molecule has 2 aromatic carbocycles. The Kier molecular flexibility index (Phi) is 8.58. The van der Waals surface area contributed by atoms with Gasteiger partial charge in [-0.25, -0.2) is 0 Å². The maximum atomic E-state index is 11.8. The molecule has 3 N–H and O–H groups in total. The molecule has 2 rings (SSSR count). The summed E-state index contributed by atoms with van der Waals surface area (Å²) in [5.74, 6) is 0.192. The van der Waals surface area contributed by atoms with Crippen LogP contribution in [0.3, 0.4) is 0 Å². The molecule has 0 saturated heterocycles. The SMILES string of the molecule is C=C/C=C\C(=C/C)C(C)=Nc1ccc(OCC)cc1C(=C)Nc1ccccc1C(N)=O. The third kappa shape index (κ3) is 6.31. The van der Waals surface area contributed by atoms with Crippen molar-refractivity contribution >= 4 is 28.7 Å². The number of nitrogens with zero attached hydrogens (tertiary/aromatic N) is 1. The molecule has 31 heavy (non-hydrogen) atoms. The molecule has 0 aliphatic carbocycles. The number of ether oxygens (including phenoxy) is 1. The normalized spacial score (nSPS) is 12.0. The van der Waals surface area contributed by atoms with Gasteiger partial charge in [0.25, 0.3) is 5.91 Å². The molecule has 1 amide bonds. The number of nitrogens with two attached hydrogens (primary N) is 1. The Hall–Kier alpha value is -3.86. The molecule has 0 radical (unpaired) electrons. The van der Waals surface area contributed by atoms with Gasteiger partial charge in [-0.05, 0) is 56.7 Å². The minimum Gasteiger partial charge on any atom is -0.494 e. The fourth-order valence-electron chi connectivity index (χ4n) is 2.99. The van der Waals surface area contributed by atoms with Crippen molar-refractivity contribution in [3.05, 3.63) is 96.6 Å². The van der Waals surface area contributed by atoms with Gasteiger partial charge in [-0.3, -0.25) is 9.79 Å². The summed E-state index contributed by atoms with van der Waals surface area (Å²) in [5, 5.41) is 3.21. The van der Waals surface area contributed by atoms with Gasteiger partial charge in [0.15, 0.2) is 0 Å². The molecule has 5 heteroatoms. The number of para-hydroxylation sites is 1. The van der Waals surface area contributed by atoms with E-state index in [1.807, 2.05) is 63.3 Å². The minimum atomic E-state index is -0.514. The first kappa shape index (κ1) is 23.4. The number of carbonyl (C=O) groups is 1. The monoisotopic (exact) mass is 415 g/mol. The van der Waals surface area contributed by atoms with E-state index in [-0.39, 0.29) is 0 Å². The van der Waals surface area contributed by atoms with Gasteiger partial charge in [-0.15, -0.1) is 0 Å². The minimum absolute atomic E-state index is 0.386. The van der Waals surface area contributed by atoms with E-state index in [0.717, 1.165) is 22.5 Å². The van der Waals surface area contributed by atoms with Gasteiger partial charge in [0.2, 0.25) is 0 Å². The van der Waals surface area contributed by atoms with Crippen LogP contribution in [0.1, 0.15) is 36.7 Å². The van der Waals surface area contributed by atoms with Crippen molar-refractivity contribution in [1.82, 2.24) is 0 Å². The molecule has 0 bridgehead atoms. The second kappa shape index (κ2) is 11.4. The van der Waals surface area contributed by atoms with Crippen LogP contribution >= 0.6 is 0 Å². The van der Waals surface area contributed by atoms with Crippen LogP contribution in [0.5, 0.6) is 5.75 Å². The van der Waals surface area contributed by atoms with E-state index in [1.54, 1.807) is 24.3 Å². The van der Waals surface area contributed by atoms with Crippen LogP contribution in [0.4, 0.5) is 11.4 Å². The number of primary amides is 1. The molecule has 0 saturated carbocycles. The highest BCUT2D eigenvalue weighted by atomic mass is 16.5. The van der Waals surface area contributed by atoms with Crippen LogP contribution in [0.2, 0.25) is 0 Å². The Labute approximate surface area is 184 Å². The molecular weight excluding hydrogens is 386 g/mol. The van der Waals surface area contributed by atoms with Gasteiger partial charge < -0.3 is 15.8 Å². The highest BCUT2D eigenvalue weighted by Gasteiger charge is 2.13. The zero-order valence-corrected chi connectivity index (χ0v) is 18.3. The fourth-order valence-corrected chi connectivity index (χ4v) is 2.99. The summed E-state index contributed by atoms with van der Waals surface area (Å²) in [6, 6.07) is 12.7. The van der Waals surface area contributed by atoms with Crippen LogP contribution in [0.25, 0.3) is 5.70 Å². The van der Waals surface area contributed by atoms with Crippen molar-refractivity contribution in [2.24, 2.45) is 10.7 Å². The van der Waals surface area contributed by atoms with E-state index in [0.29, 0.717) is 29.3 Å². The number of carbonyl (C=O) groups excluding carboxylic acids is 1. The molecule has 2 aromatic rings. The van der Waals surface area contributed by atoms with Crippen molar-refractivity contribution < 1.29 is 9.53 Å². The van der Waals surface area contributed by atoms with Gasteiger partial charge in [0.05, 0.1) is 23.5 Å². The number of hydrogen-bond acceptors (Lipinski definition) is 4. The summed E-state index contributed by atoms with van der Waals surface area (Å²) in [7, 11) is 0. The average Bonchev–Trinajstić information content (AvgIpc) is 2.75. The molecule has 0 heterocycles. The van der Waals surface area contributed by atoms with Crippen molar-refractivity contribution in [2.75, 3.05) is 11.9 Å². The summed E-state index contributed by atoms with van der Waals surface area (Å²) in [6.07, 6.45) is 7.54. The summed E-state index contributed by atoms with van der Waals surface area (Å²) < 4.78 is 5.67. The van der Waals surface area contributed by atoms with Gasteiger partial charge >= 0.3 is 0 Å². The number of aliphatic imine (C=N–C) groups is 1. The maximum Gasteiger partial charge on any atom is 0.250 e. The highest BCUT2D eigenvalue weighted by molar-refractivity contribution is 6.03. The van der Waals surface area contributed by atoms with Gasteiger partial charge in [0.1, 0.15) is 5.75 Å². The third-order valence-electron chi connectivity index (χ3n) is 4.51. The lowest BCUT2D eigenvalue weighted by molar-refractivity contribution is 0.100.